The lowest BCUT2D eigenvalue weighted by molar-refractivity contribution is -0.155. The van der Waals surface area contributed by atoms with E-state index in [4.69, 9.17) is 37.5 Å². The first-order chi connectivity index (χ1) is 16.9. The number of methoxy groups -OCH3 is 1. The topological polar surface area (TPSA) is 122 Å². The van der Waals surface area contributed by atoms with Crippen molar-refractivity contribution in [2.24, 2.45) is 0 Å². The first-order valence-corrected chi connectivity index (χ1v) is 11.3. The van der Waals surface area contributed by atoms with Crippen molar-refractivity contribution in [2.45, 2.75) is 39.5 Å². The van der Waals surface area contributed by atoms with Crippen LogP contribution < -0.4 is 21.0 Å². The molecule has 0 radical (unpaired) electrons. The third-order valence-corrected chi connectivity index (χ3v) is 5.46. The molecule has 192 valence electrons. The van der Waals surface area contributed by atoms with Crippen LogP contribution in [0.5, 0.6) is 5.75 Å². The molecule has 0 atom stereocenters. The SMILES string of the molecule is COc1ccc(N(OC)C(=O)Cn2c(=O)n(CC(=O)OC(C)(C)C)c(=O)c3c(Cl)nccc32)cc1Cl. The Labute approximate surface area is 215 Å². The summed E-state index contributed by atoms with van der Waals surface area (Å²) in [5, 5.41) is 0.834. The van der Waals surface area contributed by atoms with Gasteiger partial charge in [-0.05, 0) is 45.0 Å². The number of pyridine rings is 1. The molecular formula is C23H24Cl2N4O7. The zero-order valence-corrected chi connectivity index (χ0v) is 21.7. The Kier molecular flexibility index (Phi) is 8.07. The molecule has 36 heavy (non-hydrogen) atoms. The van der Waals surface area contributed by atoms with E-state index in [1.165, 1.54) is 38.6 Å². The van der Waals surface area contributed by atoms with Crippen molar-refractivity contribution in [3.63, 3.8) is 0 Å². The average Bonchev–Trinajstić information content (AvgIpc) is 2.78. The number of ether oxygens (including phenoxy) is 2. The summed E-state index contributed by atoms with van der Waals surface area (Å²) in [6.45, 7) is 3.69. The van der Waals surface area contributed by atoms with Crippen LogP contribution in [0.1, 0.15) is 20.8 Å². The summed E-state index contributed by atoms with van der Waals surface area (Å²) in [5.74, 6) is -1.11. The maximum Gasteiger partial charge on any atom is 0.332 e. The Bertz CT molecular complexity index is 1440. The molecule has 0 aliphatic rings. The predicted octanol–water partition coefficient (Wildman–Crippen LogP) is 2.81. The molecule has 2 heterocycles. The number of hydrogen-bond donors (Lipinski definition) is 0. The van der Waals surface area contributed by atoms with Gasteiger partial charge in [-0.15, -0.1) is 0 Å². The normalized spacial score (nSPS) is 11.4. The summed E-state index contributed by atoms with van der Waals surface area (Å²) in [4.78, 5) is 61.2. The van der Waals surface area contributed by atoms with E-state index in [2.05, 4.69) is 4.98 Å². The van der Waals surface area contributed by atoms with Gasteiger partial charge in [-0.25, -0.2) is 14.3 Å². The molecule has 1 amide bonds. The van der Waals surface area contributed by atoms with Crippen LogP contribution in [0.4, 0.5) is 5.69 Å². The zero-order valence-electron chi connectivity index (χ0n) is 20.2. The van der Waals surface area contributed by atoms with Gasteiger partial charge in [0.05, 0.1) is 30.4 Å². The molecule has 3 aromatic rings. The molecule has 13 heteroatoms. The second-order valence-electron chi connectivity index (χ2n) is 8.53. The van der Waals surface area contributed by atoms with Gasteiger partial charge in [-0.2, -0.15) is 5.06 Å². The Morgan fingerprint density at radius 1 is 1.06 bits per heavy atom. The Hall–Kier alpha value is -3.41. The number of halogens is 2. The molecule has 0 N–H and O–H groups in total. The molecule has 0 saturated heterocycles. The number of esters is 1. The van der Waals surface area contributed by atoms with Gasteiger partial charge in [0.15, 0.2) is 0 Å². The highest BCUT2D eigenvalue weighted by Crippen LogP contribution is 2.29. The Balaban J connectivity index is 2.10. The Morgan fingerprint density at radius 2 is 1.75 bits per heavy atom. The molecule has 1 aromatic carbocycles. The van der Waals surface area contributed by atoms with Crippen LogP contribution in [0.15, 0.2) is 40.1 Å². The van der Waals surface area contributed by atoms with Crippen LogP contribution in [0.25, 0.3) is 10.9 Å². The number of carbonyl (C=O) groups excluding carboxylic acids is 2. The third kappa shape index (κ3) is 5.69. The fourth-order valence-electron chi connectivity index (χ4n) is 3.45. The maximum atomic E-state index is 13.3. The minimum atomic E-state index is -0.919. The van der Waals surface area contributed by atoms with Gasteiger partial charge in [0.2, 0.25) is 0 Å². The molecule has 0 spiro atoms. The standard InChI is InChI=1S/C23H24Cl2N4O7/c1-23(2,3)36-18(31)12-28-21(32)19-15(8-9-26-20(19)25)27(22(28)33)11-17(30)29(35-5)13-6-7-16(34-4)14(24)10-13/h6-10H,11-12H2,1-5H3. The van der Waals surface area contributed by atoms with Crippen LogP contribution in [-0.4, -0.2) is 45.8 Å². The molecule has 0 unspecified atom stereocenters. The number of nitrogens with zero attached hydrogens (tertiary/aromatic N) is 4. The number of fused-ring (bicyclic) bond motifs is 1. The number of amides is 1. The van der Waals surface area contributed by atoms with Crippen LogP contribution in [0.3, 0.4) is 0 Å². The number of carbonyl (C=O) groups is 2. The maximum absolute atomic E-state index is 13.3. The minimum absolute atomic E-state index is 0.0580. The molecular weight excluding hydrogens is 515 g/mol. The van der Waals surface area contributed by atoms with Crippen LogP contribution in [0.2, 0.25) is 10.2 Å². The van der Waals surface area contributed by atoms with Crippen molar-refractivity contribution < 1.29 is 23.9 Å². The summed E-state index contributed by atoms with van der Waals surface area (Å²) in [6.07, 6.45) is 1.29. The number of benzene rings is 1. The lowest BCUT2D eigenvalue weighted by Gasteiger charge is -2.22. The lowest BCUT2D eigenvalue weighted by Crippen LogP contribution is -2.45. The van der Waals surface area contributed by atoms with E-state index in [1.807, 2.05) is 0 Å². The van der Waals surface area contributed by atoms with E-state index >= 15 is 0 Å². The van der Waals surface area contributed by atoms with Crippen LogP contribution in [0, 0.1) is 0 Å². The summed E-state index contributed by atoms with van der Waals surface area (Å²) in [7, 11) is 2.71. The summed E-state index contributed by atoms with van der Waals surface area (Å²) >= 11 is 12.3. The molecule has 2 aromatic heterocycles. The highest BCUT2D eigenvalue weighted by Gasteiger charge is 2.24. The molecule has 0 aliphatic carbocycles. The van der Waals surface area contributed by atoms with E-state index in [9.17, 15) is 19.2 Å². The fraction of sp³-hybridized carbons (Fsp3) is 0.348. The second-order valence-corrected chi connectivity index (χ2v) is 9.30. The van der Waals surface area contributed by atoms with E-state index in [-0.39, 0.29) is 26.8 Å². The van der Waals surface area contributed by atoms with Crippen molar-refractivity contribution in [1.29, 1.82) is 0 Å². The second kappa shape index (κ2) is 10.7. The van der Waals surface area contributed by atoms with Crippen molar-refractivity contribution in [3.05, 3.63) is 61.5 Å². The molecule has 0 fully saturated rings. The van der Waals surface area contributed by atoms with Gasteiger partial charge < -0.3 is 9.47 Å². The zero-order chi connectivity index (χ0) is 26.8. The summed E-state index contributed by atoms with van der Waals surface area (Å²) in [5.41, 5.74) is -2.27. The van der Waals surface area contributed by atoms with E-state index in [0.29, 0.717) is 10.3 Å². The van der Waals surface area contributed by atoms with Gasteiger partial charge in [0, 0.05) is 6.20 Å². The van der Waals surface area contributed by atoms with Gasteiger partial charge in [0.1, 0.15) is 35.0 Å². The highest BCUT2D eigenvalue weighted by atomic mass is 35.5. The van der Waals surface area contributed by atoms with Gasteiger partial charge >= 0.3 is 11.7 Å². The molecule has 0 aliphatic heterocycles. The van der Waals surface area contributed by atoms with E-state index < -0.39 is 41.8 Å². The van der Waals surface area contributed by atoms with Crippen LogP contribution >= 0.6 is 23.2 Å². The number of hydrogen-bond acceptors (Lipinski definition) is 8. The molecule has 0 bridgehead atoms. The van der Waals surface area contributed by atoms with Gasteiger partial charge in [-0.3, -0.25) is 23.8 Å². The predicted molar refractivity (Wildman–Crippen MR) is 134 cm³/mol. The van der Waals surface area contributed by atoms with Crippen molar-refractivity contribution >= 4 is 51.7 Å². The average molecular weight is 539 g/mol. The molecule has 11 nitrogen and oxygen atoms in total. The smallest absolute Gasteiger partial charge is 0.332 e. The molecule has 3 rings (SSSR count). The monoisotopic (exact) mass is 538 g/mol. The molecule has 0 saturated carbocycles. The lowest BCUT2D eigenvalue weighted by atomic mass is 10.2. The first kappa shape index (κ1) is 27.2. The van der Waals surface area contributed by atoms with Crippen molar-refractivity contribution in [1.82, 2.24) is 14.1 Å². The van der Waals surface area contributed by atoms with Crippen LogP contribution in [-0.2, 0) is 32.3 Å². The summed E-state index contributed by atoms with van der Waals surface area (Å²) < 4.78 is 12.0. The van der Waals surface area contributed by atoms with Gasteiger partial charge in [0.25, 0.3) is 11.5 Å². The van der Waals surface area contributed by atoms with E-state index in [1.54, 1.807) is 26.8 Å². The quantitative estimate of drug-likeness (QED) is 0.255. The van der Waals surface area contributed by atoms with Gasteiger partial charge in [-0.1, -0.05) is 23.2 Å². The largest absolute Gasteiger partial charge is 0.495 e. The minimum Gasteiger partial charge on any atom is -0.495 e. The van der Waals surface area contributed by atoms with Crippen molar-refractivity contribution in [3.8, 4) is 5.75 Å². The van der Waals surface area contributed by atoms with E-state index in [0.717, 1.165) is 9.63 Å². The number of anilines is 1. The number of rotatable bonds is 7. The number of aromatic nitrogens is 3. The highest BCUT2D eigenvalue weighted by molar-refractivity contribution is 6.34. The number of hydroxylamine groups is 1. The van der Waals surface area contributed by atoms with Crippen molar-refractivity contribution in [2.75, 3.05) is 19.3 Å². The first-order valence-electron chi connectivity index (χ1n) is 10.6. The fourth-order valence-corrected chi connectivity index (χ4v) is 3.93. The summed E-state index contributed by atoms with van der Waals surface area (Å²) in [6, 6.07) is 5.91. The third-order valence-electron chi connectivity index (χ3n) is 4.87. The Morgan fingerprint density at radius 3 is 2.33 bits per heavy atom.